The molecule has 0 saturated heterocycles. The minimum absolute atomic E-state index is 0. The van der Waals surface area contributed by atoms with Crippen LogP contribution in [0.2, 0.25) is 5.02 Å². The Morgan fingerprint density at radius 2 is 2.26 bits per heavy atom. The highest BCUT2D eigenvalue weighted by atomic mass is 79.9. The van der Waals surface area contributed by atoms with Crippen LogP contribution in [-0.4, -0.2) is 18.5 Å². The number of nitrogens with two attached hydrogens (primary N) is 1. The maximum Gasteiger partial charge on any atom is 0.188 e. The highest BCUT2D eigenvalue weighted by molar-refractivity contribution is 8.93. The van der Waals surface area contributed by atoms with E-state index >= 15 is 0 Å². The van der Waals surface area contributed by atoms with E-state index in [2.05, 4.69) is 21.8 Å². The molecule has 0 unspecified atom stereocenters. The van der Waals surface area contributed by atoms with Crippen molar-refractivity contribution < 1.29 is 4.39 Å². The van der Waals surface area contributed by atoms with E-state index in [0.717, 1.165) is 18.4 Å². The van der Waals surface area contributed by atoms with E-state index in [4.69, 9.17) is 17.3 Å². The molecule has 0 amide bonds. The Hall–Kier alpha value is -1.11. The molecule has 3 N–H and O–H groups in total. The Morgan fingerprint density at radius 3 is 2.96 bits per heavy atom. The number of aliphatic imine (C=N–C) groups is 1. The Balaban J connectivity index is 0.00000192. The van der Waals surface area contributed by atoms with Gasteiger partial charge in [-0.3, -0.25) is 4.99 Å². The van der Waals surface area contributed by atoms with Gasteiger partial charge in [0.25, 0.3) is 0 Å². The lowest BCUT2D eigenvalue weighted by atomic mass is 10.1. The van der Waals surface area contributed by atoms with Gasteiger partial charge in [-0.2, -0.15) is 0 Å². The van der Waals surface area contributed by atoms with Crippen molar-refractivity contribution in [2.75, 3.05) is 6.54 Å². The van der Waals surface area contributed by atoms with E-state index in [1.54, 1.807) is 17.4 Å². The zero-order valence-corrected chi connectivity index (χ0v) is 15.6. The number of hydrogen-bond acceptors (Lipinski definition) is 2. The van der Waals surface area contributed by atoms with Crippen LogP contribution in [0.5, 0.6) is 0 Å². The molecular weight excluding hydrogens is 401 g/mol. The number of nitrogens with one attached hydrogen (secondary N) is 1. The van der Waals surface area contributed by atoms with E-state index in [1.807, 2.05) is 12.1 Å². The SMILES string of the molecule is Br.NC(=NCCc1cccs1)N[C@@H]1C[C@H]1c1ccc(Cl)c(F)c1. The predicted octanol–water partition coefficient (Wildman–Crippen LogP) is 4.12. The van der Waals surface area contributed by atoms with Crippen molar-refractivity contribution in [3.05, 3.63) is 57.0 Å². The molecule has 2 aromatic rings. The van der Waals surface area contributed by atoms with Crippen molar-refractivity contribution in [3.8, 4) is 0 Å². The maximum atomic E-state index is 13.5. The van der Waals surface area contributed by atoms with Crippen LogP contribution in [0.25, 0.3) is 0 Å². The molecular formula is C16H18BrClFN3S. The molecule has 1 fully saturated rings. The van der Waals surface area contributed by atoms with Gasteiger partial charge >= 0.3 is 0 Å². The number of nitrogens with zero attached hydrogens (tertiary/aromatic N) is 1. The fourth-order valence-electron chi connectivity index (χ4n) is 2.44. The topological polar surface area (TPSA) is 50.4 Å². The Bertz CT molecular complexity index is 678. The van der Waals surface area contributed by atoms with Gasteiger partial charge in [-0.25, -0.2) is 4.39 Å². The van der Waals surface area contributed by atoms with Crippen LogP contribution in [0, 0.1) is 5.82 Å². The van der Waals surface area contributed by atoms with Gasteiger partial charge in [-0.1, -0.05) is 23.7 Å². The van der Waals surface area contributed by atoms with Gasteiger partial charge in [0.1, 0.15) is 5.82 Å². The van der Waals surface area contributed by atoms with Gasteiger partial charge in [-0.15, -0.1) is 28.3 Å². The molecule has 124 valence electrons. The van der Waals surface area contributed by atoms with Crippen molar-refractivity contribution >= 4 is 45.9 Å². The van der Waals surface area contributed by atoms with E-state index in [0.29, 0.717) is 12.5 Å². The number of thiophene rings is 1. The zero-order valence-electron chi connectivity index (χ0n) is 12.3. The number of halogens is 3. The van der Waals surface area contributed by atoms with E-state index in [1.165, 1.54) is 10.9 Å². The van der Waals surface area contributed by atoms with Crippen LogP contribution in [0.1, 0.15) is 22.8 Å². The molecule has 1 saturated carbocycles. The van der Waals surface area contributed by atoms with Gasteiger partial charge in [0.05, 0.1) is 5.02 Å². The third kappa shape index (κ3) is 4.93. The first-order valence-electron chi connectivity index (χ1n) is 7.17. The second-order valence-electron chi connectivity index (χ2n) is 5.36. The van der Waals surface area contributed by atoms with Crippen molar-refractivity contribution in [1.29, 1.82) is 0 Å². The standard InChI is InChI=1S/C16H17ClFN3S.BrH/c17-13-4-3-10(8-14(13)18)12-9-15(12)21-16(19)20-6-5-11-2-1-7-22-11;/h1-4,7-8,12,15H,5-6,9H2,(H3,19,20,21);1H/t12-,15+;/m0./s1. The van der Waals surface area contributed by atoms with Crippen molar-refractivity contribution in [2.45, 2.75) is 24.8 Å². The van der Waals surface area contributed by atoms with Crippen LogP contribution in [0.15, 0.2) is 40.7 Å². The Morgan fingerprint density at radius 1 is 1.43 bits per heavy atom. The fourth-order valence-corrected chi connectivity index (χ4v) is 3.26. The maximum absolute atomic E-state index is 13.5. The lowest BCUT2D eigenvalue weighted by molar-refractivity contribution is 0.625. The summed E-state index contributed by atoms with van der Waals surface area (Å²) in [5.74, 6) is 0.360. The summed E-state index contributed by atoms with van der Waals surface area (Å²) in [5.41, 5.74) is 6.85. The molecule has 1 aliphatic rings. The summed E-state index contributed by atoms with van der Waals surface area (Å²) in [7, 11) is 0. The molecule has 1 aromatic carbocycles. The second kappa shape index (κ2) is 8.13. The third-order valence-corrected chi connectivity index (χ3v) is 4.96. The van der Waals surface area contributed by atoms with Crippen LogP contribution in [-0.2, 0) is 6.42 Å². The van der Waals surface area contributed by atoms with Crippen LogP contribution in [0.3, 0.4) is 0 Å². The lowest BCUT2D eigenvalue weighted by Gasteiger charge is -2.06. The second-order valence-corrected chi connectivity index (χ2v) is 6.80. The third-order valence-electron chi connectivity index (χ3n) is 3.72. The monoisotopic (exact) mass is 417 g/mol. The first-order chi connectivity index (χ1) is 10.6. The van der Waals surface area contributed by atoms with Crippen LogP contribution >= 0.6 is 39.9 Å². The molecule has 0 radical (unpaired) electrons. The van der Waals surface area contributed by atoms with Crippen LogP contribution < -0.4 is 11.1 Å². The number of benzene rings is 1. The minimum atomic E-state index is -0.373. The van der Waals surface area contributed by atoms with E-state index in [-0.39, 0.29) is 39.8 Å². The summed E-state index contributed by atoms with van der Waals surface area (Å²) in [6.45, 7) is 0.673. The van der Waals surface area contributed by atoms with Gasteiger partial charge in [0, 0.05) is 29.8 Å². The fraction of sp³-hybridized carbons (Fsp3) is 0.312. The molecule has 3 rings (SSSR count). The Labute approximate surface area is 154 Å². The number of hydrogen-bond donors (Lipinski definition) is 2. The molecule has 0 bridgehead atoms. The van der Waals surface area contributed by atoms with Gasteiger partial charge in [0.2, 0.25) is 0 Å². The highest BCUT2D eigenvalue weighted by Crippen LogP contribution is 2.41. The molecule has 3 nitrogen and oxygen atoms in total. The largest absolute Gasteiger partial charge is 0.370 e. The summed E-state index contributed by atoms with van der Waals surface area (Å²) in [5, 5.41) is 5.40. The lowest BCUT2D eigenvalue weighted by Crippen LogP contribution is -2.34. The average Bonchev–Trinajstić information content (AvgIpc) is 3.04. The van der Waals surface area contributed by atoms with Gasteiger partial charge < -0.3 is 11.1 Å². The highest BCUT2D eigenvalue weighted by Gasteiger charge is 2.39. The summed E-state index contributed by atoms with van der Waals surface area (Å²) >= 11 is 7.42. The normalized spacial score (nSPS) is 20.0. The van der Waals surface area contributed by atoms with E-state index < -0.39 is 0 Å². The molecule has 1 aliphatic carbocycles. The van der Waals surface area contributed by atoms with E-state index in [9.17, 15) is 4.39 Å². The molecule has 1 heterocycles. The molecule has 2 atom stereocenters. The summed E-state index contributed by atoms with van der Waals surface area (Å²) in [4.78, 5) is 5.64. The summed E-state index contributed by atoms with van der Waals surface area (Å²) < 4.78 is 13.5. The van der Waals surface area contributed by atoms with Gasteiger partial charge in [0.15, 0.2) is 5.96 Å². The number of rotatable bonds is 5. The molecule has 0 spiro atoms. The smallest absolute Gasteiger partial charge is 0.188 e. The first kappa shape index (κ1) is 18.2. The first-order valence-corrected chi connectivity index (χ1v) is 8.43. The molecule has 0 aliphatic heterocycles. The minimum Gasteiger partial charge on any atom is -0.370 e. The molecule has 23 heavy (non-hydrogen) atoms. The van der Waals surface area contributed by atoms with Crippen molar-refractivity contribution in [1.82, 2.24) is 5.32 Å². The van der Waals surface area contributed by atoms with Crippen molar-refractivity contribution in [2.24, 2.45) is 10.7 Å². The predicted molar refractivity (Wildman–Crippen MR) is 101 cm³/mol. The zero-order chi connectivity index (χ0) is 15.5. The van der Waals surface area contributed by atoms with Gasteiger partial charge in [-0.05, 0) is 35.6 Å². The van der Waals surface area contributed by atoms with Crippen LogP contribution in [0.4, 0.5) is 4.39 Å². The average molecular weight is 419 g/mol. The molecule has 1 aromatic heterocycles. The summed E-state index contributed by atoms with van der Waals surface area (Å²) in [6, 6.07) is 9.31. The summed E-state index contributed by atoms with van der Waals surface area (Å²) in [6.07, 6.45) is 1.83. The molecule has 7 heteroatoms. The number of guanidine groups is 1. The van der Waals surface area contributed by atoms with Crippen molar-refractivity contribution in [3.63, 3.8) is 0 Å². The Kier molecular flexibility index (Phi) is 6.44. The quantitative estimate of drug-likeness (QED) is 0.567.